The van der Waals surface area contributed by atoms with Crippen LogP contribution in [0, 0.1) is 13.8 Å². The molecule has 204 valence electrons. The van der Waals surface area contributed by atoms with E-state index < -0.39 is 17.3 Å². The van der Waals surface area contributed by atoms with Crippen LogP contribution in [0.5, 0.6) is 0 Å². The number of hydrazine groups is 2. The van der Waals surface area contributed by atoms with Crippen LogP contribution in [0.4, 0.5) is 21.0 Å². The van der Waals surface area contributed by atoms with Gasteiger partial charge in [-0.15, -0.1) is 0 Å². The van der Waals surface area contributed by atoms with Crippen LogP contribution in [0.15, 0.2) is 45.3 Å². The van der Waals surface area contributed by atoms with Gasteiger partial charge >= 0.3 is 12.2 Å². The number of hydrogen-bond acceptors (Lipinski definition) is 6. The van der Waals surface area contributed by atoms with E-state index in [1.165, 1.54) is 5.56 Å². The number of nitrogens with one attached hydrogen (secondary N) is 2. The number of hydrogen-bond donors (Lipinski definition) is 2. The van der Waals surface area contributed by atoms with Crippen LogP contribution >= 0.6 is 31.9 Å². The monoisotopic (exact) mass is 640 g/mol. The number of ether oxygens (including phenoxy) is 2. The molecule has 0 radical (unpaired) electrons. The highest BCUT2D eigenvalue weighted by atomic mass is 79.9. The largest absolute Gasteiger partial charge is 0.443 e. The summed E-state index contributed by atoms with van der Waals surface area (Å²) in [4.78, 5) is 23.7. The van der Waals surface area contributed by atoms with Gasteiger partial charge in [-0.1, -0.05) is 12.1 Å². The average Bonchev–Trinajstić information content (AvgIpc) is 3.21. The number of anilines is 2. The number of aryl methyl sites for hydroxylation is 2. The van der Waals surface area contributed by atoms with Crippen molar-refractivity contribution >= 4 is 55.4 Å². The minimum absolute atomic E-state index is 0.289. The van der Waals surface area contributed by atoms with Gasteiger partial charge in [-0.05, 0) is 129 Å². The Labute approximate surface area is 237 Å². The number of carbonyl (C=O) groups excluding carboxylic acids is 2. The minimum atomic E-state index is -0.509. The minimum Gasteiger partial charge on any atom is -0.443 e. The van der Waals surface area contributed by atoms with E-state index in [1.807, 2.05) is 90.7 Å². The summed E-state index contributed by atoms with van der Waals surface area (Å²) in [6, 6.07) is 11.9. The number of benzene rings is 2. The first-order valence-electron chi connectivity index (χ1n) is 12.1. The Morgan fingerprint density at radius 1 is 0.838 bits per heavy atom. The molecule has 8 nitrogen and oxygen atoms in total. The van der Waals surface area contributed by atoms with E-state index >= 15 is 0 Å². The predicted molar refractivity (Wildman–Crippen MR) is 156 cm³/mol. The molecule has 1 aliphatic heterocycles. The standard InChI is InChI=1S/C15H21BrN2O2.C12H17BrN2O2/c1-11-6-7-13(12(16)10-11)17-8-5-9-18(17)14(19)20-15(2,3)4;1-8-5-6-10(9(13)7-8)14-15-11(16)17-12(2,3)4/h6-7,10H,5,8-9H2,1-4H3;5-7,14H,1-4H3,(H,15,16). The van der Waals surface area contributed by atoms with Crippen molar-refractivity contribution in [2.45, 2.75) is 73.0 Å². The zero-order valence-corrected chi connectivity index (χ0v) is 26.0. The number of nitrogens with zero attached hydrogens (tertiary/aromatic N) is 2. The number of halogens is 2. The summed E-state index contributed by atoms with van der Waals surface area (Å²) in [5.41, 5.74) is 8.39. The predicted octanol–water partition coefficient (Wildman–Crippen LogP) is 7.73. The second-order valence-electron chi connectivity index (χ2n) is 10.8. The van der Waals surface area contributed by atoms with Crippen molar-refractivity contribution in [3.8, 4) is 0 Å². The third kappa shape index (κ3) is 10.4. The third-order valence-electron chi connectivity index (χ3n) is 4.84. The maximum absolute atomic E-state index is 12.3. The summed E-state index contributed by atoms with van der Waals surface area (Å²) in [6.07, 6.45) is 0.145. The van der Waals surface area contributed by atoms with Gasteiger partial charge in [-0.25, -0.2) is 20.0 Å². The molecule has 10 heteroatoms. The van der Waals surface area contributed by atoms with Crippen LogP contribution in [0.1, 0.15) is 59.1 Å². The van der Waals surface area contributed by atoms with Crippen molar-refractivity contribution in [2.75, 3.05) is 23.5 Å². The Morgan fingerprint density at radius 3 is 1.95 bits per heavy atom. The molecular formula is C27H38Br2N4O4. The van der Waals surface area contributed by atoms with Gasteiger partial charge in [0.25, 0.3) is 0 Å². The molecule has 1 aliphatic rings. The fourth-order valence-corrected chi connectivity index (χ4v) is 4.62. The summed E-state index contributed by atoms with van der Waals surface area (Å²) in [5, 5.41) is 3.66. The number of amides is 2. The second kappa shape index (κ2) is 12.9. The van der Waals surface area contributed by atoms with Crippen LogP contribution < -0.4 is 15.9 Å². The highest BCUT2D eigenvalue weighted by Crippen LogP contribution is 2.31. The molecule has 0 saturated carbocycles. The quantitative estimate of drug-likeness (QED) is 0.334. The van der Waals surface area contributed by atoms with Gasteiger partial charge in [-0.2, -0.15) is 0 Å². The van der Waals surface area contributed by atoms with Crippen molar-refractivity contribution in [3.63, 3.8) is 0 Å². The Morgan fingerprint density at radius 2 is 1.41 bits per heavy atom. The van der Waals surface area contributed by atoms with Crippen molar-refractivity contribution in [2.24, 2.45) is 0 Å². The molecule has 37 heavy (non-hydrogen) atoms. The maximum Gasteiger partial charge on any atom is 0.429 e. The highest BCUT2D eigenvalue weighted by molar-refractivity contribution is 9.11. The lowest BCUT2D eigenvalue weighted by Gasteiger charge is -2.32. The Hall–Kier alpha value is -2.46. The Kier molecular flexibility index (Phi) is 10.7. The molecule has 2 aromatic carbocycles. The van der Waals surface area contributed by atoms with Crippen molar-refractivity contribution in [3.05, 3.63) is 56.5 Å². The first-order valence-corrected chi connectivity index (χ1v) is 13.7. The summed E-state index contributed by atoms with van der Waals surface area (Å²) in [5.74, 6) is 0. The molecule has 2 N–H and O–H groups in total. The lowest BCUT2D eigenvalue weighted by Crippen LogP contribution is -2.44. The van der Waals surface area contributed by atoms with E-state index in [4.69, 9.17) is 9.47 Å². The van der Waals surface area contributed by atoms with Crippen LogP contribution in [0.25, 0.3) is 0 Å². The summed E-state index contributed by atoms with van der Waals surface area (Å²) < 4.78 is 12.4. The molecule has 0 unspecified atom stereocenters. The first-order chi connectivity index (χ1) is 17.1. The normalized spacial score (nSPS) is 13.5. The van der Waals surface area contributed by atoms with Gasteiger partial charge in [0.1, 0.15) is 11.2 Å². The molecule has 0 atom stereocenters. The van der Waals surface area contributed by atoms with Gasteiger partial charge < -0.3 is 9.47 Å². The first kappa shape index (κ1) is 30.8. The fraction of sp³-hybridized carbons (Fsp3) is 0.481. The van der Waals surface area contributed by atoms with Gasteiger partial charge in [0, 0.05) is 22.0 Å². The molecule has 1 fully saturated rings. The molecular weight excluding hydrogens is 604 g/mol. The average molecular weight is 642 g/mol. The molecule has 0 aromatic heterocycles. The molecule has 2 amide bonds. The second-order valence-corrected chi connectivity index (χ2v) is 12.5. The van der Waals surface area contributed by atoms with Gasteiger partial charge in [0.05, 0.1) is 11.4 Å². The van der Waals surface area contributed by atoms with E-state index in [0.717, 1.165) is 38.8 Å². The molecule has 2 aromatic rings. The molecule has 1 heterocycles. The van der Waals surface area contributed by atoms with E-state index in [9.17, 15) is 9.59 Å². The third-order valence-corrected chi connectivity index (χ3v) is 6.13. The highest BCUT2D eigenvalue weighted by Gasteiger charge is 2.31. The lowest BCUT2D eigenvalue weighted by molar-refractivity contribution is 0.0273. The van der Waals surface area contributed by atoms with Crippen LogP contribution in [-0.2, 0) is 9.47 Å². The number of carbonyl (C=O) groups is 2. The van der Waals surface area contributed by atoms with Crippen LogP contribution in [0.3, 0.4) is 0 Å². The van der Waals surface area contributed by atoms with Gasteiger partial charge in [0.2, 0.25) is 0 Å². The van der Waals surface area contributed by atoms with Gasteiger partial charge in [-0.3, -0.25) is 10.4 Å². The van der Waals surface area contributed by atoms with E-state index in [0.29, 0.717) is 6.54 Å². The van der Waals surface area contributed by atoms with Crippen molar-refractivity contribution in [1.29, 1.82) is 0 Å². The van der Waals surface area contributed by atoms with E-state index in [1.54, 1.807) is 5.01 Å². The van der Waals surface area contributed by atoms with Crippen molar-refractivity contribution in [1.82, 2.24) is 10.4 Å². The van der Waals surface area contributed by atoms with Crippen LogP contribution in [0.2, 0.25) is 0 Å². The lowest BCUT2D eigenvalue weighted by atomic mass is 10.2. The topological polar surface area (TPSA) is 83.1 Å². The number of rotatable bonds is 3. The fourth-order valence-electron chi connectivity index (χ4n) is 3.33. The van der Waals surface area contributed by atoms with E-state index in [-0.39, 0.29) is 6.09 Å². The zero-order valence-electron chi connectivity index (χ0n) is 22.9. The Balaban J connectivity index is 0.000000264. The summed E-state index contributed by atoms with van der Waals surface area (Å²) in [6.45, 7) is 16.6. The molecule has 3 rings (SSSR count). The molecule has 1 saturated heterocycles. The smallest absolute Gasteiger partial charge is 0.429 e. The molecule has 0 bridgehead atoms. The van der Waals surface area contributed by atoms with Crippen molar-refractivity contribution < 1.29 is 19.1 Å². The van der Waals surface area contributed by atoms with Crippen LogP contribution in [-0.4, -0.2) is 41.5 Å². The van der Waals surface area contributed by atoms with Gasteiger partial charge in [0.15, 0.2) is 0 Å². The summed E-state index contributed by atoms with van der Waals surface area (Å²) >= 11 is 6.98. The zero-order chi connectivity index (χ0) is 28.0. The van der Waals surface area contributed by atoms with E-state index in [2.05, 4.69) is 48.8 Å². The maximum atomic E-state index is 12.3. The molecule has 0 aliphatic carbocycles. The summed E-state index contributed by atoms with van der Waals surface area (Å²) in [7, 11) is 0. The Bertz CT molecular complexity index is 1100. The SMILES string of the molecule is Cc1ccc(N2CCCN2C(=O)OC(C)(C)C)c(Br)c1.Cc1ccc(NNC(=O)OC(C)(C)C)c(Br)c1. The molecule has 0 spiro atoms.